The highest BCUT2D eigenvalue weighted by atomic mass is 32.1. The van der Waals surface area contributed by atoms with Gasteiger partial charge in [-0.3, -0.25) is 9.69 Å². The summed E-state index contributed by atoms with van der Waals surface area (Å²) in [5.41, 5.74) is 3.29. The van der Waals surface area contributed by atoms with E-state index in [4.69, 9.17) is 0 Å². The van der Waals surface area contributed by atoms with Gasteiger partial charge in [-0.25, -0.2) is 0 Å². The van der Waals surface area contributed by atoms with Crippen molar-refractivity contribution in [2.24, 2.45) is 11.3 Å². The molecule has 1 spiro atoms. The number of thiophene rings is 1. The zero-order chi connectivity index (χ0) is 19.7. The van der Waals surface area contributed by atoms with E-state index in [2.05, 4.69) is 57.4 Å². The van der Waals surface area contributed by atoms with Crippen molar-refractivity contribution in [1.82, 2.24) is 10.2 Å². The molecule has 0 radical (unpaired) electrons. The van der Waals surface area contributed by atoms with Gasteiger partial charge in [0.15, 0.2) is 0 Å². The van der Waals surface area contributed by atoms with Gasteiger partial charge >= 0.3 is 0 Å². The Kier molecular flexibility index (Phi) is 5.25. The van der Waals surface area contributed by atoms with Crippen LogP contribution in [0.4, 0.5) is 0 Å². The number of hydrogen-bond acceptors (Lipinski definition) is 3. The van der Waals surface area contributed by atoms with Gasteiger partial charge in [-0.1, -0.05) is 43.2 Å². The molecule has 29 heavy (non-hydrogen) atoms. The third kappa shape index (κ3) is 3.89. The van der Waals surface area contributed by atoms with Crippen LogP contribution in [0.25, 0.3) is 0 Å². The Morgan fingerprint density at radius 2 is 1.83 bits per heavy atom. The average Bonchev–Trinajstić information content (AvgIpc) is 3.12. The molecule has 0 bridgehead atoms. The maximum Gasteiger partial charge on any atom is 0.223 e. The summed E-state index contributed by atoms with van der Waals surface area (Å²) in [5, 5.41) is 7.81. The minimum atomic E-state index is 0.156. The maximum absolute atomic E-state index is 13.0. The monoisotopic (exact) mass is 408 g/mol. The van der Waals surface area contributed by atoms with E-state index in [1.54, 1.807) is 11.3 Å². The molecule has 1 saturated heterocycles. The number of hydrogen-bond donors (Lipinski definition) is 1. The molecule has 1 aromatic heterocycles. The molecular formula is C25H32N2OS. The standard InChI is InChI=1S/C25H32N2OS/c28-23(26-19-25(9-4-5-10-25)21-6-2-1-3-7-21)22-16-24(22)11-13-27(14-12-24)17-20-8-15-29-18-20/h1-3,6-8,15,18,22H,4-5,9-14,16-17,19H2,(H,26,28)/t22-/m1/s1. The van der Waals surface area contributed by atoms with E-state index in [0.29, 0.717) is 11.3 Å². The molecule has 3 aliphatic rings. The van der Waals surface area contributed by atoms with E-state index in [1.807, 2.05) is 0 Å². The Labute approximate surface area is 178 Å². The fourth-order valence-electron chi connectivity index (χ4n) is 5.86. The second kappa shape index (κ2) is 7.88. The van der Waals surface area contributed by atoms with Crippen LogP contribution in [0.3, 0.4) is 0 Å². The Hall–Kier alpha value is -1.65. The van der Waals surface area contributed by atoms with E-state index in [-0.39, 0.29) is 11.3 Å². The van der Waals surface area contributed by atoms with E-state index in [1.165, 1.54) is 49.7 Å². The van der Waals surface area contributed by atoms with Gasteiger partial charge in [0, 0.05) is 24.4 Å². The molecular weight excluding hydrogens is 376 g/mol. The molecule has 2 saturated carbocycles. The molecule has 1 atom stereocenters. The highest BCUT2D eigenvalue weighted by Crippen LogP contribution is 2.59. The van der Waals surface area contributed by atoms with E-state index in [0.717, 1.165) is 32.6 Å². The van der Waals surface area contributed by atoms with Crippen molar-refractivity contribution >= 4 is 17.2 Å². The van der Waals surface area contributed by atoms with E-state index in [9.17, 15) is 4.79 Å². The lowest BCUT2D eigenvalue weighted by molar-refractivity contribution is -0.123. The molecule has 2 heterocycles. The molecule has 1 aromatic carbocycles. The lowest BCUT2D eigenvalue weighted by atomic mass is 9.78. The van der Waals surface area contributed by atoms with Crippen molar-refractivity contribution in [1.29, 1.82) is 0 Å². The Morgan fingerprint density at radius 3 is 2.52 bits per heavy atom. The van der Waals surface area contributed by atoms with Crippen molar-refractivity contribution in [2.75, 3.05) is 19.6 Å². The number of benzene rings is 1. The summed E-state index contributed by atoms with van der Waals surface area (Å²) in [4.78, 5) is 15.6. The topological polar surface area (TPSA) is 32.3 Å². The second-order valence-electron chi connectivity index (χ2n) is 9.60. The first-order chi connectivity index (χ1) is 14.2. The predicted molar refractivity (Wildman–Crippen MR) is 119 cm³/mol. The summed E-state index contributed by atoms with van der Waals surface area (Å²) in [6.07, 6.45) is 8.41. The molecule has 2 aliphatic carbocycles. The Bertz CT molecular complexity index is 818. The highest BCUT2D eigenvalue weighted by molar-refractivity contribution is 7.07. The van der Waals surface area contributed by atoms with Gasteiger partial charge in [0.25, 0.3) is 0 Å². The number of amides is 1. The molecule has 1 aliphatic heterocycles. The van der Waals surface area contributed by atoms with Crippen LogP contribution in [0.1, 0.15) is 56.1 Å². The molecule has 2 aromatic rings. The summed E-state index contributed by atoms with van der Waals surface area (Å²) in [5.74, 6) is 0.568. The van der Waals surface area contributed by atoms with E-state index >= 15 is 0 Å². The van der Waals surface area contributed by atoms with E-state index < -0.39 is 0 Å². The molecule has 3 nitrogen and oxygen atoms in total. The van der Waals surface area contributed by atoms with Crippen LogP contribution in [0.2, 0.25) is 0 Å². The smallest absolute Gasteiger partial charge is 0.223 e. The van der Waals surface area contributed by atoms with Crippen molar-refractivity contribution in [3.63, 3.8) is 0 Å². The zero-order valence-electron chi connectivity index (χ0n) is 17.2. The quantitative estimate of drug-likeness (QED) is 0.731. The fourth-order valence-corrected chi connectivity index (χ4v) is 6.52. The zero-order valence-corrected chi connectivity index (χ0v) is 18.1. The SMILES string of the molecule is O=C(NCC1(c2ccccc2)CCCC1)[C@H]1CC12CCN(Cc1ccsc1)CC2. The highest BCUT2D eigenvalue weighted by Gasteiger charge is 2.58. The largest absolute Gasteiger partial charge is 0.355 e. The Balaban J connectivity index is 1.15. The van der Waals surface area contributed by atoms with Crippen molar-refractivity contribution in [3.05, 3.63) is 58.3 Å². The number of carbonyl (C=O) groups excluding carboxylic acids is 1. The summed E-state index contributed by atoms with van der Waals surface area (Å²) < 4.78 is 0. The van der Waals surface area contributed by atoms with Gasteiger partial charge in [0.2, 0.25) is 5.91 Å². The number of likely N-dealkylation sites (tertiary alicyclic amines) is 1. The minimum Gasteiger partial charge on any atom is -0.355 e. The molecule has 3 fully saturated rings. The first-order valence-corrected chi connectivity index (χ1v) is 12.2. The average molecular weight is 409 g/mol. The van der Waals surface area contributed by atoms with Crippen LogP contribution >= 0.6 is 11.3 Å². The third-order valence-corrected chi connectivity index (χ3v) is 8.62. The molecule has 1 amide bonds. The van der Waals surface area contributed by atoms with Crippen molar-refractivity contribution in [2.45, 2.75) is 56.9 Å². The number of nitrogens with one attached hydrogen (secondary N) is 1. The summed E-state index contributed by atoms with van der Waals surface area (Å²) in [6, 6.07) is 13.1. The maximum atomic E-state index is 13.0. The molecule has 154 valence electrons. The van der Waals surface area contributed by atoms with Crippen LogP contribution in [0.15, 0.2) is 47.2 Å². The number of rotatable bonds is 6. The number of nitrogens with zero attached hydrogens (tertiary/aromatic N) is 1. The van der Waals surface area contributed by atoms with Crippen LogP contribution < -0.4 is 5.32 Å². The van der Waals surface area contributed by atoms with Gasteiger partial charge < -0.3 is 5.32 Å². The van der Waals surface area contributed by atoms with Crippen molar-refractivity contribution in [3.8, 4) is 0 Å². The van der Waals surface area contributed by atoms with Crippen LogP contribution in [-0.2, 0) is 16.8 Å². The summed E-state index contributed by atoms with van der Waals surface area (Å²) in [6.45, 7) is 4.14. The van der Waals surface area contributed by atoms with Crippen LogP contribution in [0, 0.1) is 11.3 Å². The lowest BCUT2D eigenvalue weighted by Gasteiger charge is -2.33. The number of carbonyl (C=O) groups is 1. The third-order valence-electron chi connectivity index (χ3n) is 7.89. The van der Waals surface area contributed by atoms with Gasteiger partial charge in [-0.2, -0.15) is 11.3 Å². The molecule has 0 unspecified atom stereocenters. The first kappa shape index (κ1) is 19.3. The molecule has 4 heteroatoms. The Morgan fingerprint density at radius 1 is 1.07 bits per heavy atom. The van der Waals surface area contributed by atoms with Gasteiger partial charge in [0.1, 0.15) is 0 Å². The summed E-state index contributed by atoms with van der Waals surface area (Å²) >= 11 is 1.78. The van der Waals surface area contributed by atoms with Gasteiger partial charge in [-0.05, 0) is 78.6 Å². The number of piperidine rings is 1. The van der Waals surface area contributed by atoms with Crippen molar-refractivity contribution < 1.29 is 4.79 Å². The summed E-state index contributed by atoms with van der Waals surface area (Å²) in [7, 11) is 0. The predicted octanol–water partition coefficient (Wildman–Crippen LogP) is 4.98. The molecule has 1 N–H and O–H groups in total. The lowest BCUT2D eigenvalue weighted by Crippen LogP contribution is -2.41. The second-order valence-corrected chi connectivity index (χ2v) is 10.4. The minimum absolute atomic E-state index is 0.156. The van der Waals surface area contributed by atoms with Gasteiger partial charge in [0.05, 0.1) is 0 Å². The van der Waals surface area contributed by atoms with Crippen LogP contribution in [0.5, 0.6) is 0 Å². The molecule has 5 rings (SSSR count). The fraction of sp³-hybridized carbons (Fsp3) is 0.560. The normalized spacial score (nSPS) is 25.2. The van der Waals surface area contributed by atoms with Gasteiger partial charge in [-0.15, -0.1) is 0 Å². The first-order valence-electron chi connectivity index (χ1n) is 11.3. The van der Waals surface area contributed by atoms with Crippen LogP contribution in [-0.4, -0.2) is 30.4 Å².